The highest BCUT2D eigenvalue weighted by Gasteiger charge is 2.10. The first-order chi connectivity index (χ1) is 9.95. The highest BCUT2D eigenvalue weighted by molar-refractivity contribution is 8.00. The number of anilines is 1. The molecule has 2 aromatic rings. The van der Waals surface area contributed by atoms with Crippen molar-refractivity contribution in [2.24, 2.45) is 0 Å². The van der Waals surface area contributed by atoms with Crippen LogP contribution in [0.2, 0.25) is 10.0 Å². The summed E-state index contributed by atoms with van der Waals surface area (Å²) >= 11 is 13.3. The SMILES string of the molecule is Cc1cc(N)nc(SCC[S@](=O)c2cc(Cl)ccc2Cl)n1. The topological polar surface area (TPSA) is 68.9 Å². The molecule has 0 unspecified atom stereocenters. The molecule has 0 aliphatic carbocycles. The molecule has 21 heavy (non-hydrogen) atoms. The molecule has 0 bridgehead atoms. The van der Waals surface area contributed by atoms with Gasteiger partial charge in [-0.3, -0.25) is 4.21 Å². The fourth-order valence-electron chi connectivity index (χ4n) is 1.60. The summed E-state index contributed by atoms with van der Waals surface area (Å²) in [7, 11) is -1.21. The van der Waals surface area contributed by atoms with Gasteiger partial charge in [-0.1, -0.05) is 35.0 Å². The molecule has 1 heterocycles. The first-order valence-electron chi connectivity index (χ1n) is 6.03. The van der Waals surface area contributed by atoms with Gasteiger partial charge in [0.05, 0.1) is 20.7 Å². The molecule has 0 fully saturated rings. The Morgan fingerprint density at radius 1 is 1.29 bits per heavy atom. The van der Waals surface area contributed by atoms with Crippen molar-refractivity contribution in [2.45, 2.75) is 17.0 Å². The summed E-state index contributed by atoms with van der Waals surface area (Å²) in [6.07, 6.45) is 0. The molecule has 8 heteroatoms. The van der Waals surface area contributed by atoms with Gasteiger partial charge in [0.1, 0.15) is 5.82 Å². The van der Waals surface area contributed by atoms with Crippen LogP contribution in [0.15, 0.2) is 34.3 Å². The lowest BCUT2D eigenvalue weighted by Crippen LogP contribution is -2.03. The molecule has 0 aliphatic heterocycles. The third kappa shape index (κ3) is 4.85. The van der Waals surface area contributed by atoms with Crippen LogP contribution < -0.4 is 5.73 Å². The van der Waals surface area contributed by atoms with Crippen molar-refractivity contribution in [3.8, 4) is 0 Å². The highest BCUT2D eigenvalue weighted by Crippen LogP contribution is 2.24. The van der Waals surface area contributed by atoms with E-state index in [4.69, 9.17) is 28.9 Å². The number of aryl methyl sites for hydroxylation is 1. The number of rotatable bonds is 5. The monoisotopic (exact) mass is 361 g/mol. The van der Waals surface area contributed by atoms with Crippen molar-refractivity contribution >= 4 is 51.6 Å². The smallest absolute Gasteiger partial charge is 0.189 e. The van der Waals surface area contributed by atoms with E-state index in [9.17, 15) is 4.21 Å². The Morgan fingerprint density at radius 2 is 2.05 bits per heavy atom. The normalized spacial score (nSPS) is 12.3. The van der Waals surface area contributed by atoms with Crippen molar-refractivity contribution in [3.05, 3.63) is 40.0 Å². The standard InChI is InChI=1S/C13H13Cl2N3OS2/c1-8-6-12(16)18-13(17-8)20-4-5-21(19)11-7-9(14)2-3-10(11)15/h2-3,6-7H,4-5H2,1H3,(H2,16,17,18)/t21-/m0/s1. The van der Waals surface area contributed by atoms with Crippen LogP contribution in [0.25, 0.3) is 0 Å². The summed E-state index contributed by atoms with van der Waals surface area (Å²) in [4.78, 5) is 8.93. The molecule has 0 aliphatic rings. The Bertz CT molecular complexity index is 662. The summed E-state index contributed by atoms with van der Waals surface area (Å²) in [5.41, 5.74) is 6.47. The molecule has 1 aromatic carbocycles. The lowest BCUT2D eigenvalue weighted by atomic mass is 10.4. The Labute approximate surface area is 139 Å². The first-order valence-corrected chi connectivity index (χ1v) is 9.09. The van der Waals surface area contributed by atoms with Gasteiger partial charge < -0.3 is 5.73 Å². The average Bonchev–Trinajstić information content (AvgIpc) is 2.40. The molecule has 0 saturated carbocycles. The summed E-state index contributed by atoms with van der Waals surface area (Å²) in [5.74, 6) is 1.46. The van der Waals surface area contributed by atoms with Crippen LogP contribution in [0.5, 0.6) is 0 Å². The molecule has 0 saturated heterocycles. The van der Waals surface area contributed by atoms with Crippen LogP contribution >= 0.6 is 35.0 Å². The Hall–Kier alpha value is -0.820. The summed E-state index contributed by atoms with van der Waals surface area (Å²) in [5, 5.41) is 1.56. The van der Waals surface area contributed by atoms with E-state index < -0.39 is 10.8 Å². The lowest BCUT2D eigenvalue weighted by molar-refractivity contribution is 0.684. The predicted molar refractivity (Wildman–Crippen MR) is 89.6 cm³/mol. The van der Waals surface area contributed by atoms with Crippen LogP contribution in [0.1, 0.15) is 5.69 Å². The van der Waals surface area contributed by atoms with Gasteiger partial charge in [-0.15, -0.1) is 0 Å². The molecule has 2 rings (SSSR count). The number of halogens is 2. The first kappa shape index (κ1) is 16.5. The van der Waals surface area contributed by atoms with E-state index in [1.165, 1.54) is 11.8 Å². The molecule has 112 valence electrons. The highest BCUT2D eigenvalue weighted by atomic mass is 35.5. The third-order valence-electron chi connectivity index (χ3n) is 2.49. The molecule has 4 nitrogen and oxygen atoms in total. The number of thioether (sulfide) groups is 1. The van der Waals surface area contributed by atoms with Gasteiger partial charge >= 0.3 is 0 Å². The fraction of sp³-hybridized carbons (Fsp3) is 0.231. The van der Waals surface area contributed by atoms with Gasteiger partial charge in [-0.05, 0) is 25.1 Å². The number of nitrogens with zero attached hydrogens (tertiary/aromatic N) is 2. The van der Waals surface area contributed by atoms with Crippen molar-refractivity contribution in [1.29, 1.82) is 0 Å². The van der Waals surface area contributed by atoms with Crippen molar-refractivity contribution in [3.63, 3.8) is 0 Å². The molecule has 0 amide bonds. The molecular formula is C13H13Cl2N3OS2. The zero-order valence-corrected chi connectivity index (χ0v) is 14.3. The number of hydrogen-bond donors (Lipinski definition) is 1. The van der Waals surface area contributed by atoms with Gasteiger partial charge in [0, 0.05) is 28.3 Å². The maximum atomic E-state index is 12.2. The second-order valence-corrected chi connectivity index (χ2v) is 7.63. The Kier molecular flexibility index (Phi) is 5.87. The predicted octanol–water partition coefficient (Wildman–Crippen LogP) is 3.57. The largest absolute Gasteiger partial charge is 0.384 e. The van der Waals surface area contributed by atoms with E-state index in [1.807, 2.05) is 6.92 Å². The van der Waals surface area contributed by atoms with E-state index in [1.54, 1.807) is 24.3 Å². The van der Waals surface area contributed by atoms with Gasteiger partial charge in [0.25, 0.3) is 0 Å². The maximum Gasteiger partial charge on any atom is 0.189 e. The number of benzene rings is 1. The number of nitrogen functional groups attached to an aromatic ring is 1. The van der Waals surface area contributed by atoms with Gasteiger partial charge in [0.2, 0.25) is 0 Å². The van der Waals surface area contributed by atoms with Gasteiger partial charge in [-0.25, -0.2) is 9.97 Å². The van der Waals surface area contributed by atoms with Crippen LogP contribution in [-0.4, -0.2) is 25.7 Å². The van der Waals surface area contributed by atoms with Crippen LogP contribution in [0.3, 0.4) is 0 Å². The van der Waals surface area contributed by atoms with E-state index in [2.05, 4.69) is 9.97 Å². The average molecular weight is 362 g/mol. The van der Waals surface area contributed by atoms with Crippen LogP contribution in [0.4, 0.5) is 5.82 Å². The third-order valence-corrected chi connectivity index (χ3v) is 5.68. The summed E-state index contributed by atoms with van der Waals surface area (Å²) in [6.45, 7) is 1.85. The Balaban J connectivity index is 1.96. The minimum atomic E-state index is -1.21. The minimum Gasteiger partial charge on any atom is -0.384 e. The maximum absolute atomic E-state index is 12.2. The van der Waals surface area contributed by atoms with E-state index in [-0.39, 0.29) is 0 Å². The lowest BCUT2D eigenvalue weighted by Gasteiger charge is -2.05. The zero-order valence-electron chi connectivity index (χ0n) is 11.2. The van der Waals surface area contributed by atoms with E-state index in [0.29, 0.717) is 37.4 Å². The van der Waals surface area contributed by atoms with Crippen LogP contribution in [0, 0.1) is 6.92 Å². The molecule has 0 radical (unpaired) electrons. The zero-order chi connectivity index (χ0) is 15.4. The van der Waals surface area contributed by atoms with Crippen molar-refractivity contribution in [1.82, 2.24) is 9.97 Å². The number of hydrogen-bond acceptors (Lipinski definition) is 5. The molecule has 2 N–H and O–H groups in total. The van der Waals surface area contributed by atoms with Crippen LogP contribution in [-0.2, 0) is 10.8 Å². The number of aromatic nitrogens is 2. The van der Waals surface area contributed by atoms with Crippen molar-refractivity contribution in [2.75, 3.05) is 17.2 Å². The molecule has 1 atom stereocenters. The minimum absolute atomic E-state index is 0.432. The second-order valence-electron chi connectivity index (χ2n) is 4.19. The van der Waals surface area contributed by atoms with E-state index >= 15 is 0 Å². The second kappa shape index (κ2) is 7.45. The quantitative estimate of drug-likeness (QED) is 0.650. The molecular weight excluding hydrogens is 349 g/mol. The van der Waals surface area contributed by atoms with Crippen molar-refractivity contribution < 1.29 is 4.21 Å². The summed E-state index contributed by atoms with van der Waals surface area (Å²) < 4.78 is 12.2. The fourth-order valence-corrected chi connectivity index (χ4v) is 4.48. The summed E-state index contributed by atoms with van der Waals surface area (Å²) in [6, 6.07) is 6.65. The van der Waals surface area contributed by atoms with Gasteiger partial charge in [-0.2, -0.15) is 0 Å². The van der Waals surface area contributed by atoms with Gasteiger partial charge in [0.15, 0.2) is 5.16 Å². The van der Waals surface area contributed by atoms with E-state index in [0.717, 1.165) is 5.69 Å². The number of nitrogens with two attached hydrogens (primary N) is 1. The molecule has 0 spiro atoms. The Morgan fingerprint density at radius 3 is 2.76 bits per heavy atom. The molecule has 1 aromatic heterocycles.